The summed E-state index contributed by atoms with van der Waals surface area (Å²) in [6, 6.07) is 0.370. The zero-order valence-electron chi connectivity index (χ0n) is 9.37. The van der Waals surface area contributed by atoms with E-state index < -0.39 is 0 Å². The molecule has 2 atom stereocenters. The molecule has 1 N–H and O–H groups in total. The molecule has 0 bridgehead atoms. The van der Waals surface area contributed by atoms with E-state index in [1.807, 2.05) is 6.92 Å². The smallest absolute Gasteiger partial charge is 0.231 e. The second kappa shape index (κ2) is 5.10. The van der Waals surface area contributed by atoms with Crippen LogP contribution in [0.5, 0.6) is 0 Å². The van der Waals surface area contributed by atoms with Crippen molar-refractivity contribution in [2.45, 2.75) is 46.1 Å². The molecule has 0 radical (unpaired) electrons. The van der Waals surface area contributed by atoms with Crippen LogP contribution in [-0.2, 0) is 0 Å². The molecule has 0 aliphatic heterocycles. The molecule has 1 aromatic rings. The molecule has 1 aromatic heterocycles. The standard InChI is InChI=1S/C10H19N3O/c1-5-6-11-8(3)7(2)10-12-9(4)13-14-10/h7-8,11H,5-6H2,1-4H3. The van der Waals surface area contributed by atoms with Gasteiger partial charge >= 0.3 is 0 Å². The zero-order valence-corrected chi connectivity index (χ0v) is 9.37. The molecule has 4 nitrogen and oxygen atoms in total. The third-order valence-electron chi connectivity index (χ3n) is 2.40. The molecule has 0 spiro atoms. The van der Waals surface area contributed by atoms with Crippen molar-refractivity contribution in [1.29, 1.82) is 0 Å². The molecule has 0 amide bonds. The Morgan fingerprint density at radius 2 is 2.14 bits per heavy atom. The monoisotopic (exact) mass is 197 g/mol. The topological polar surface area (TPSA) is 51.0 Å². The predicted molar refractivity (Wildman–Crippen MR) is 55.2 cm³/mol. The lowest BCUT2D eigenvalue weighted by Crippen LogP contribution is -2.31. The molecule has 1 rings (SSSR count). The molecule has 14 heavy (non-hydrogen) atoms. The highest BCUT2D eigenvalue weighted by molar-refractivity contribution is 4.95. The molecule has 1 heterocycles. The van der Waals surface area contributed by atoms with Crippen LogP contribution < -0.4 is 5.32 Å². The minimum atomic E-state index is 0.266. The van der Waals surface area contributed by atoms with Gasteiger partial charge in [-0.05, 0) is 26.8 Å². The number of nitrogens with zero attached hydrogens (tertiary/aromatic N) is 2. The largest absolute Gasteiger partial charge is 0.339 e. The quantitative estimate of drug-likeness (QED) is 0.783. The van der Waals surface area contributed by atoms with Gasteiger partial charge in [0.2, 0.25) is 5.89 Å². The van der Waals surface area contributed by atoms with Gasteiger partial charge in [-0.2, -0.15) is 4.98 Å². The maximum absolute atomic E-state index is 5.13. The number of aromatic nitrogens is 2. The summed E-state index contributed by atoms with van der Waals surface area (Å²) in [5.74, 6) is 1.69. The van der Waals surface area contributed by atoms with Crippen molar-refractivity contribution in [3.8, 4) is 0 Å². The molecule has 0 aliphatic carbocycles. The van der Waals surface area contributed by atoms with Crippen LogP contribution in [0, 0.1) is 6.92 Å². The van der Waals surface area contributed by atoms with E-state index >= 15 is 0 Å². The number of aryl methyl sites for hydroxylation is 1. The van der Waals surface area contributed by atoms with Crippen LogP contribution >= 0.6 is 0 Å². The van der Waals surface area contributed by atoms with Gasteiger partial charge in [-0.3, -0.25) is 0 Å². The zero-order chi connectivity index (χ0) is 10.6. The van der Waals surface area contributed by atoms with Gasteiger partial charge in [-0.15, -0.1) is 0 Å². The maximum Gasteiger partial charge on any atom is 0.231 e. The first-order valence-electron chi connectivity index (χ1n) is 5.18. The minimum absolute atomic E-state index is 0.266. The fourth-order valence-electron chi connectivity index (χ4n) is 1.26. The van der Waals surface area contributed by atoms with Gasteiger partial charge in [-0.1, -0.05) is 19.0 Å². The molecule has 0 fully saturated rings. The Labute approximate surface area is 85.1 Å². The molecule has 0 aliphatic rings. The van der Waals surface area contributed by atoms with E-state index in [9.17, 15) is 0 Å². The van der Waals surface area contributed by atoms with E-state index in [-0.39, 0.29) is 5.92 Å². The number of hydrogen-bond acceptors (Lipinski definition) is 4. The summed E-state index contributed by atoms with van der Waals surface area (Å²) in [6.45, 7) is 9.25. The van der Waals surface area contributed by atoms with E-state index in [0.717, 1.165) is 18.9 Å². The Bertz CT molecular complexity index is 272. The molecule has 2 unspecified atom stereocenters. The Kier molecular flexibility index (Phi) is 4.07. The Hall–Kier alpha value is -0.900. The summed E-state index contributed by atoms with van der Waals surface area (Å²) < 4.78 is 5.13. The van der Waals surface area contributed by atoms with E-state index in [1.165, 1.54) is 0 Å². The second-order valence-corrected chi connectivity index (χ2v) is 3.71. The average Bonchev–Trinajstić information content (AvgIpc) is 2.60. The maximum atomic E-state index is 5.13. The molecular weight excluding hydrogens is 178 g/mol. The van der Waals surface area contributed by atoms with E-state index in [4.69, 9.17) is 4.52 Å². The SMILES string of the molecule is CCCNC(C)C(C)c1nc(C)no1. The van der Waals surface area contributed by atoms with Crippen molar-refractivity contribution >= 4 is 0 Å². The Morgan fingerprint density at radius 1 is 1.43 bits per heavy atom. The van der Waals surface area contributed by atoms with Gasteiger partial charge in [0.05, 0.1) is 5.92 Å². The highest BCUT2D eigenvalue weighted by Crippen LogP contribution is 2.16. The molecule has 80 valence electrons. The molecule has 0 saturated carbocycles. The van der Waals surface area contributed by atoms with Gasteiger partial charge in [0.15, 0.2) is 5.82 Å². The highest BCUT2D eigenvalue weighted by Gasteiger charge is 2.18. The third-order valence-corrected chi connectivity index (χ3v) is 2.40. The van der Waals surface area contributed by atoms with Crippen molar-refractivity contribution in [2.75, 3.05) is 6.54 Å². The lowest BCUT2D eigenvalue weighted by molar-refractivity contribution is 0.329. The Balaban J connectivity index is 2.51. The van der Waals surface area contributed by atoms with Crippen LogP contribution in [0.2, 0.25) is 0 Å². The molecule has 4 heteroatoms. The lowest BCUT2D eigenvalue weighted by Gasteiger charge is -2.17. The highest BCUT2D eigenvalue weighted by atomic mass is 16.5. The van der Waals surface area contributed by atoms with Crippen molar-refractivity contribution in [3.63, 3.8) is 0 Å². The first kappa shape index (κ1) is 11.2. The number of rotatable bonds is 5. The van der Waals surface area contributed by atoms with Crippen LogP contribution in [-0.4, -0.2) is 22.7 Å². The third kappa shape index (κ3) is 2.80. The molecular formula is C10H19N3O. The summed E-state index contributed by atoms with van der Waals surface area (Å²) in [5, 5.41) is 7.20. The van der Waals surface area contributed by atoms with E-state index in [0.29, 0.717) is 11.9 Å². The van der Waals surface area contributed by atoms with Gasteiger partial charge < -0.3 is 9.84 Å². The predicted octanol–water partition coefficient (Wildman–Crippen LogP) is 1.87. The number of hydrogen-bond donors (Lipinski definition) is 1. The normalized spacial score (nSPS) is 15.4. The molecule has 0 saturated heterocycles. The van der Waals surface area contributed by atoms with Crippen LogP contribution in [0.25, 0.3) is 0 Å². The van der Waals surface area contributed by atoms with Crippen LogP contribution in [0.1, 0.15) is 44.8 Å². The van der Waals surface area contributed by atoms with Gasteiger partial charge in [0, 0.05) is 6.04 Å². The first-order chi connectivity index (χ1) is 6.65. The summed E-state index contributed by atoms with van der Waals surface area (Å²) >= 11 is 0. The van der Waals surface area contributed by atoms with Crippen LogP contribution in [0.15, 0.2) is 4.52 Å². The first-order valence-corrected chi connectivity index (χ1v) is 5.18. The fraction of sp³-hybridized carbons (Fsp3) is 0.800. The summed E-state index contributed by atoms with van der Waals surface area (Å²) in [4.78, 5) is 4.22. The van der Waals surface area contributed by atoms with Crippen molar-refractivity contribution in [3.05, 3.63) is 11.7 Å². The summed E-state index contributed by atoms with van der Waals surface area (Å²) in [6.07, 6.45) is 1.14. The van der Waals surface area contributed by atoms with Crippen molar-refractivity contribution in [2.24, 2.45) is 0 Å². The van der Waals surface area contributed by atoms with Gasteiger partial charge in [-0.25, -0.2) is 0 Å². The number of nitrogens with one attached hydrogen (secondary N) is 1. The van der Waals surface area contributed by atoms with E-state index in [1.54, 1.807) is 0 Å². The summed E-state index contributed by atoms with van der Waals surface area (Å²) in [5.41, 5.74) is 0. The molecule has 0 aromatic carbocycles. The Morgan fingerprint density at radius 3 is 2.64 bits per heavy atom. The fourth-order valence-corrected chi connectivity index (χ4v) is 1.26. The van der Waals surface area contributed by atoms with Crippen molar-refractivity contribution < 1.29 is 4.52 Å². The lowest BCUT2D eigenvalue weighted by atomic mass is 10.0. The van der Waals surface area contributed by atoms with E-state index in [2.05, 4.69) is 36.2 Å². The van der Waals surface area contributed by atoms with Gasteiger partial charge in [0.25, 0.3) is 0 Å². The van der Waals surface area contributed by atoms with Gasteiger partial charge in [0.1, 0.15) is 0 Å². The minimum Gasteiger partial charge on any atom is -0.339 e. The van der Waals surface area contributed by atoms with Crippen LogP contribution in [0.3, 0.4) is 0 Å². The summed E-state index contributed by atoms with van der Waals surface area (Å²) in [7, 11) is 0. The average molecular weight is 197 g/mol. The van der Waals surface area contributed by atoms with Crippen molar-refractivity contribution in [1.82, 2.24) is 15.5 Å². The second-order valence-electron chi connectivity index (χ2n) is 3.71. The van der Waals surface area contributed by atoms with Crippen LogP contribution in [0.4, 0.5) is 0 Å².